The fourth-order valence-corrected chi connectivity index (χ4v) is 7.83. The van der Waals surface area contributed by atoms with Gasteiger partial charge in [0.05, 0.1) is 44.2 Å². The number of aromatic amines is 1. The van der Waals surface area contributed by atoms with E-state index < -0.39 is 171 Å². The smallest absolute Gasteiger partial charge is 0.469 e. The molecule has 1 aliphatic rings. The largest absolute Gasteiger partial charge is 0.480 e. The Kier molecular flexibility index (Phi) is 27.3. The van der Waals surface area contributed by atoms with E-state index in [0.29, 0.717) is 5.69 Å². The SMILES string of the molecule is CC(C)[C@H](NC(=O)[C@H](CC(N)=O)NC(=O)[C@@H]1CCCN1C(=O)[C@@H](NC(=O)[C@H](COP(=O)(O)O)NC(=O)[C@@H](NC(=O)[C@H](CO)NC(=O)[C@H](CCCN=C(N)N)NC(=O)[C@H](C)N)[C@@H](C)O)[C@@H](C)O)C(=O)N[C@@H](Cc1cnc[nH]1)C(=O)O. The number of rotatable bonds is 33. The Morgan fingerprint density at radius 3 is 1.80 bits per heavy atom. The van der Waals surface area contributed by atoms with Gasteiger partial charge in [-0.15, -0.1) is 0 Å². The first kappa shape index (κ1) is 67.7. The average Bonchev–Trinajstić information content (AvgIpc) is 4.08. The summed E-state index contributed by atoms with van der Waals surface area (Å²) < 4.78 is 16.2. The van der Waals surface area contributed by atoms with Crippen LogP contribution >= 0.6 is 7.82 Å². The summed E-state index contributed by atoms with van der Waals surface area (Å²) in [5, 5.41) is 59.0. The summed E-state index contributed by atoms with van der Waals surface area (Å²) in [5.74, 6) is -13.8. The van der Waals surface area contributed by atoms with E-state index in [-0.39, 0.29) is 51.2 Å². The van der Waals surface area contributed by atoms with Crippen LogP contribution in [0, 0.1) is 5.92 Å². The molecule has 0 spiro atoms. The number of guanidine groups is 1. The zero-order valence-corrected chi connectivity index (χ0v) is 44.7. The van der Waals surface area contributed by atoms with Gasteiger partial charge in [0, 0.05) is 31.4 Å². The molecule has 12 atom stereocenters. The number of phosphoric ester groups is 1. The van der Waals surface area contributed by atoms with Crippen LogP contribution in [-0.4, -0.2) is 215 Å². The predicted molar refractivity (Wildman–Crippen MR) is 271 cm³/mol. The maximum atomic E-state index is 14.1. The number of likely N-dealkylation sites (tertiary alicyclic amines) is 1. The van der Waals surface area contributed by atoms with Crippen molar-refractivity contribution in [2.24, 2.45) is 33.8 Å². The molecule has 1 aliphatic heterocycles. The molecule has 1 saturated heterocycles. The van der Waals surface area contributed by atoms with Gasteiger partial charge in [-0.1, -0.05) is 13.8 Å². The van der Waals surface area contributed by atoms with E-state index in [1.807, 2.05) is 5.32 Å². The molecule has 0 saturated carbocycles. The molecule has 10 amide bonds. The van der Waals surface area contributed by atoms with Gasteiger partial charge in [0.1, 0.15) is 54.4 Å². The van der Waals surface area contributed by atoms with E-state index in [2.05, 4.69) is 56.7 Å². The lowest BCUT2D eigenvalue weighted by Crippen LogP contribution is -2.63. The van der Waals surface area contributed by atoms with Gasteiger partial charge in [-0.2, -0.15) is 0 Å². The lowest BCUT2D eigenvalue weighted by atomic mass is 10.0. The number of primary amides is 1. The van der Waals surface area contributed by atoms with Crippen molar-refractivity contribution in [3.05, 3.63) is 18.2 Å². The highest BCUT2D eigenvalue weighted by Crippen LogP contribution is 2.35. The number of nitrogens with zero attached hydrogens (tertiary/aromatic N) is 3. The zero-order chi connectivity index (χ0) is 60.1. The number of carbonyl (C=O) groups is 11. The maximum Gasteiger partial charge on any atom is 0.469 e. The number of aliphatic carboxylic acids is 1. The van der Waals surface area contributed by atoms with Gasteiger partial charge in [-0.05, 0) is 52.4 Å². The molecule has 0 aromatic carbocycles. The number of aliphatic hydroxyl groups is 3. The number of nitrogens with one attached hydrogen (secondary N) is 9. The van der Waals surface area contributed by atoms with Crippen molar-refractivity contribution in [1.29, 1.82) is 0 Å². The van der Waals surface area contributed by atoms with Crippen LogP contribution in [0.15, 0.2) is 17.5 Å². The van der Waals surface area contributed by atoms with Gasteiger partial charge in [-0.25, -0.2) is 14.3 Å². The number of aromatic nitrogens is 2. The molecule has 0 aliphatic carbocycles. The second kappa shape index (κ2) is 31.9. The van der Waals surface area contributed by atoms with Gasteiger partial charge in [-0.3, -0.25) is 57.5 Å². The minimum Gasteiger partial charge on any atom is -0.480 e. The number of carboxylic acid groups (broad SMARTS) is 1. The highest BCUT2D eigenvalue weighted by atomic mass is 31.2. The van der Waals surface area contributed by atoms with Crippen LogP contribution in [0.3, 0.4) is 0 Å². The highest BCUT2D eigenvalue weighted by Gasteiger charge is 2.43. The van der Waals surface area contributed by atoms with Crippen molar-refractivity contribution in [3.63, 3.8) is 0 Å². The third kappa shape index (κ3) is 22.8. The van der Waals surface area contributed by atoms with Crippen LogP contribution < -0.4 is 65.5 Å². The molecule has 0 unspecified atom stereocenters. The summed E-state index contributed by atoms with van der Waals surface area (Å²) in [6, 6.07) is -16.8. The van der Waals surface area contributed by atoms with Crippen LogP contribution in [0.25, 0.3) is 0 Å². The van der Waals surface area contributed by atoms with E-state index in [4.69, 9.17) is 22.9 Å². The molecule has 0 bridgehead atoms. The Morgan fingerprint density at radius 2 is 1.28 bits per heavy atom. The summed E-state index contributed by atoms with van der Waals surface area (Å²) in [4.78, 5) is 176. The lowest BCUT2D eigenvalue weighted by Gasteiger charge is -2.32. The maximum absolute atomic E-state index is 14.1. The molecule has 2 heterocycles. The summed E-state index contributed by atoms with van der Waals surface area (Å²) in [6.45, 7) is 3.67. The van der Waals surface area contributed by atoms with Gasteiger partial charge in [0.2, 0.25) is 59.1 Å². The standard InChI is InChI=1S/C43H73N16O19P/c1-18(2)30(39(70)53-25(42(73)74)12-22-14-48-17-50-22)56-35(66)24(13-29(45)63)52-38(69)28-9-7-11-59(28)41(72)32(21(5)62)58-37(68)27(16-78-79(75,76)77)55-40(71)31(20(4)61)57-36(67)26(15-60)54-34(65)23(51-33(64)19(3)44)8-6-10-49-43(46)47/h14,17-21,23-28,30-32,60-62H,6-13,15-16,44H2,1-5H3,(H2,45,63)(H,48,50)(H,51,64)(H,52,69)(H,53,70)(H,54,65)(H,55,71)(H,56,66)(H,57,67)(H,58,68)(H,73,74)(H4,46,47,49)(H2,75,76,77)/t19-,20+,21+,23-,24-,25-,26-,27-,28-,30-,31-,32-/m0/s1. The topological polar surface area (TPSA) is 580 Å². The molecular formula is C43H73N16O19P. The van der Waals surface area contributed by atoms with E-state index in [9.17, 15) is 87.5 Å². The van der Waals surface area contributed by atoms with Crippen molar-refractivity contribution in [2.75, 3.05) is 26.3 Å². The Balaban J connectivity index is 2.33. The number of aliphatic hydroxyl groups excluding tert-OH is 3. The van der Waals surface area contributed by atoms with Gasteiger partial charge >= 0.3 is 13.8 Å². The van der Waals surface area contributed by atoms with Crippen LogP contribution in [-0.2, 0) is 68.2 Å². The number of carboxylic acids is 1. The fourth-order valence-electron chi connectivity index (χ4n) is 7.49. The number of amides is 10. The third-order valence-corrected chi connectivity index (χ3v) is 12.2. The predicted octanol–water partition coefficient (Wildman–Crippen LogP) is -9.30. The first-order chi connectivity index (χ1) is 36.8. The second-order valence-electron chi connectivity index (χ2n) is 18.7. The Labute approximate surface area is 451 Å². The second-order valence-corrected chi connectivity index (χ2v) is 19.9. The zero-order valence-electron chi connectivity index (χ0n) is 43.8. The van der Waals surface area contributed by atoms with Crippen LogP contribution in [0.5, 0.6) is 0 Å². The molecule has 35 nitrogen and oxygen atoms in total. The van der Waals surface area contributed by atoms with E-state index in [1.165, 1.54) is 33.3 Å². The number of imidazole rings is 1. The highest BCUT2D eigenvalue weighted by molar-refractivity contribution is 7.46. The van der Waals surface area contributed by atoms with Crippen LogP contribution in [0.2, 0.25) is 0 Å². The van der Waals surface area contributed by atoms with Crippen molar-refractivity contribution >= 4 is 78.8 Å². The fraction of sp³-hybridized carbons (Fsp3) is 0.651. The Morgan fingerprint density at radius 1 is 0.747 bits per heavy atom. The average molecular weight is 1150 g/mol. The normalized spacial score (nSPS) is 17.5. The number of hydrogen-bond acceptors (Lipinski definition) is 19. The van der Waals surface area contributed by atoms with Crippen molar-refractivity contribution in [2.45, 2.75) is 146 Å². The van der Waals surface area contributed by atoms with Crippen LogP contribution in [0.4, 0.5) is 0 Å². The van der Waals surface area contributed by atoms with Crippen LogP contribution in [0.1, 0.15) is 72.4 Å². The molecular weight excluding hydrogens is 1080 g/mol. The summed E-state index contributed by atoms with van der Waals surface area (Å²) >= 11 is 0. The summed E-state index contributed by atoms with van der Waals surface area (Å²) in [6.07, 6.45) is -2.05. The van der Waals surface area contributed by atoms with Gasteiger partial charge < -0.3 is 106 Å². The quantitative estimate of drug-likeness (QED) is 0.0134. The van der Waals surface area contributed by atoms with Gasteiger partial charge in [0.15, 0.2) is 5.96 Å². The summed E-state index contributed by atoms with van der Waals surface area (Å²) in [5.41, 5.74) is 22.0. The number of nitrogens with two attached hydrogens (primary N) is 4. The first-order valence-electron chi connectivity index (χ1n) is 24.5. The molecule has 1 aromatic rings. The van der Waals surface area contributed by atoms with Crippen molar-refractivity contribution < 1.29 is 92.0 Å². The summed E-state index contributed by atoms with van der Waals surface area (Å²) in [7, 11) is -5.45. The molecule has 36 heteroatoms. The molecule has 444 valence electrons. The monoisotopic (exact) mass is 1150 g/mol. The minimum absolute atomic E-state index is 0.0214. The molecule has 23 N–H and O–H groups in total. The Bertz CT molecular complexity index is 2380. The number of carbonyl (C=O) groups excluding carboxylic acids is 10. The number of aliphatic imine (C=N–C) groups is 1. The van der Waals surface area contributed by atoms with Crippen molar-refractivity contribution in [3.8, 4) is 0 Å². The number of hydrogen-bond donors (Lipinski definition) is 19. The van der Waals surface area contributed by atoms with Crippen molar-refractivity contribution in [1.82, 2.24) is 57.4 Å². The molecule has 1 fully saturated rings. The molecule has 1 aromatic heterocycles. The number of phosphoric acid groups is 1. The van der Waals surface area contributed by atoms with E-state index >= 15 is 0 Å². The van der Waals surface area contributed by atoms with E-state index in [1.54, 1.807) is 0 Å². The first-order valence-corrected chi connectivity index (χ1v) is 26.0. The Hall–Kier alpha value is -7.40. The molecule has 0 radical (unpaired) electrons. The molecule has 79 heavy (non-hydrogen) atoms. The van der Waals surface area contributed by atoms with E-state index in [0.717, 1.165) is 18.7 Å². The molecule has 2 rings (SSSR count). The number of H-pyrrole nitrogens is 1. The third-order valence-electron chi connectivity index (χ3n) is 11.7. The minimum atomic E-state index is -5.45. The van der Waals surface area contributed by atoms with Gasteiger partial charge in [0.25, 0.3) is 0 Å². The lowest BCUT2D eigenvalue weighted by molar-refractivity contribution is -0.145.